The summed E-state index contributed by atoms with van der Waals surface area (Å²) in [6.45, 7) is 2.50. The summed E-state index contributed by atoms with van der Waals surface area (Å²) >= 11 is 3.41. The van der Waals surface area contributed by atoms with Gasteiger partial charge >= 0.3 is 5.97 Å². The summed E-state index contributed by atoms with van der Waals surface area (Å²) < 4.78 is 6.25. The number of para-hydroxylation sites is 2. The number of esters is 1. The predicted octanol–water partition coefficient (Wildman–Crippen LogP) is 5.04. The average Bonchev–Trinajstić information content (AvgIpc) is 2.57. The molecule has 0 spiro atoms. The number of rotatable bonds is 8. The molecule has 0 saturated heterocycles. The van der Waals surface area contributed by atoms with E-state index in [4.69, 9.17) is 4.74 Å². The number of anilines is 1. The summed E-state index contributed by atoms with van der Waals surface area (Å²) in [6.07, 6.45) is 2.04. The second-order valence-electron chi connectivity index (χ2n) is 5.54. The van der Waals surface area contributed by atoms with Gasteiger partial charge in [0.15, 0.2) is 0 Å². The zero-order valence-electron chi connectivity index (χ0n) is 13.7. The fourth-order valence-corrected chi connectivity index (χ4v) is 2.55. The highest BCUT2D eigenvalue weighted by Gasteiger charge is 2.18. The molecule has 0 fully saturated rings. The Balaban J connectivity index is 2.13. The molecule has 0 aliphatic heterocycles. The number of benzene rings is 2. The van der Waals surface area contributed by atoms with Gasteiger partial charge in [-0.2, -0.15) is 0 Å². The molecule has 0 amide bonds. The van der Waals surface area contributed by atoms with E-state index in [0.717, 1.165) is 22.9 Å². The van der Waals surface area contributed by atoms with E-state index in [1.165, 1.54) is 0 Å². The Morgan fingerprint density at radius 1 is 1.21 bits per heavy atom. The van der Waals surface area contributed by atoms with Gasteiger partial charge in [-0.25, -0.2) is 0 Å². The van der Waals surface area contributed by atoms with Crippen LogP contribution < -0.4 is 5.32 Å². The van der Waals surface area contributed by atoms with Gasteiger partial charge in [-0.3, -0.25) is 4.79 Å². The smallest absolute Gasteiger partial charge is 0.308 e. The predicted molar refractivity (Wildman–Crippen MR) is 99.1 cm³/mol. The summed E-state index contributed by atoms with van der Waals surface area (Å²) in [4.78, 5) is 12.1. The van der Waals surface area contributed by atoms with Crippen LogP contribution in [-0.4, -0.2) is 17.7 Å². The van der Waals surface area contributed by atoms with Gasteiger partial charge in [-0.15, -0.1) is 0 Å². The van der Waals surface area contributed by atoms with E-state index in [9.17, 15) is 9.90 Å². The van der Waals surface area contributed by atoms with Gasteiger partial charge in [-0.05, 0) is 36.2 Å². The van der Waals surface area contributed by atoms with Crippen molar-refractivity contribution in [2.45, 2.75) is 32.2 Å². The molecule has 5 heteroatoms. The highest BCUT2D eigenvalue weighted by Crippen LogP contribution is 2.29. The zero-order chi connectivity index (χ0) is 17.4. The lowest BCUT2D eigenvalue weighted by Gasteiger charge is -2.20. The van der Waals surface area contributed by atoms with Crippen molar-refractivity contribution in [3.63, 3.8) is 0 Å². The molecule has 2 aromatic carbocycles. The van der Waals surface area contributed by atoms with E-state index in [-0.39, 0.29) is 24.2 Å². The van der Waals surface area contributed by atoms with Crippen LogP contribution in [0.3, 0.4) is 0 Å². The number of aromatic hydroxyl groups is 1. The highest BCUT2D eigenvalue weighted by molar-refractivity contribution is 9.10. The van der Waals surface area contributed by atoms with Gasteiger partial charge in [0.05, 0.1) is 24.8 Å². The van der Waals surface area contributed by atoms with E-state index in [1.54, 1.807) is 18.2 Å². The molecule has 0 aromatic heterocycles. The molecule has 0 aliphatic rings. The number of hydrogen-bond donors (Lipinski definition) is 2. The first-order valence-electron chi connectivity index (χ1n) is 8.05. The number of phenolic OH excluding ortho intramolecular Hbond substituents is 1. The molecule has 0 bridgehead atoms. The van der Waals surface area contributed by atoms with Crippen molar-refractivity contribution in [2.75, 3.05) is 11.9 Å². The average molecular weight is 392 g/mol. The molecule has 1 atom stereocenters. The van der Waals surface area contributed by atoms with E-state index in [1.807, 2.05) is 30.3 Å². The Morgan fingerprint density at radius 3 is 2.58 bits per heavy atom. The highest BCUT2D eigenvalue weighted by atomic mass is 79.9. The normalized spacial score (nSPS) is 11.8. The molecule has 4 nitrogen and oxygen atoms in total. The largest absolute Gasteiger partial charge is 0.506 e. The Hall–Kier alpha value is -2.01. The quantitative estimate of drug-likeness (QED) is 0.375. The Labute approximate surface area is 151 Å². The first-order valence-corrected chi connectivity index (χ1v) is 8.85. The van der Waals surface area contributed by atoms with Crippen molar-refractivity contribution in [1.29, 1.82) is 0 Å². The van der Waals surface area contributed by atoms with Gasteiger partial charge in [0.1, 0.15) is 5.75 Å². The molecular formula is C19H22BrNO3. The van der Waals surface area contributed by atoms with Crippen LogP contribution in [0.4, 0.5) is 5.69 Å². The minimum atomic E-state index is -0.277. The van der Waals surface area contributed by atoms with Crippen LogP contribution in [0.1, 0.15) is 37.8 Å². The summed E-state index contributed by atoms with van der Waals surface area (Å²) in [5.41, 5.74) is 1.54. The Bertz CT molecular complexity index is 658. The monoisotopic (exact) mass is 391 g/mol. The van der Waals surface area contributed by atoms with Crippen molar-refractivity contribution < 1.29 is 14.6 Å². The van der Waals surface area contributed by atoms with Gasteiger partial charge in [0.2, 0.25) is 0 Å². The van der Waals surface area contributed by atoms with E-state index in [0.29, 0.717) is 12.3 Å². The summed E-state index contributed by atoms with van der Waals surface area (Å²) in [5.74, 6) is -0.0988. The van der Waals surface area contributed by atoms with Gasteiger partial charge < -0.3 is 15.2 Å². The fraction of sp³-hybridized carbons (Fsp3) is 0.316. The molecule has 2 N–H and O–H groups in total. The van der Waals surface area contributed by atoms with Crippen LogP contribution in [0.25, 0.3) is 0 Å². The van der Waals surface area contributed by atoms with E-state index < -0.39 is 0 Å². The lowest BCUT2D eigenvalue weighted by molar-refractivity contribution is -0.144. The SMILES string of the molecule is CCCCOC(=O)C[C@@H](Nc1ccccc1O)c1ccc(Br)cc1. The standard InChI is InChI=1S/C19H22BrNO3/c1-2-3-12-24-19(23)13-17(14-8-10-15(20)11-9-14)21-16-6-4-5-7-18(16)22/h4-11,17,21-22H,2-3,12-13H2,1H3/t17-/m1/s1. The molecule has 2 aromatic rings. The van der Waals surface area contributed by atoms with Crippen LogP contribution in [0, 0.1) is 0 Å². The van der Waals surface area contributed by atoms with Crippen LogP contribution in [-0.2, 0) is 9.53 Å². The molecular weight excluding hydrogens is 370 g/mol. The topological polar surface area (TPSA) is 58.6 Å². The first-order chi connectivity index (χ1) is 11.6. The molecule has 128 valence electrons. The van der Waals surface area contributed by atoms with Gasteiger partial charge in [-0.1, -0.05) is 53.5 Å². The second kappa shape index (κ2) is 9.33. The Kier molecular flexibility index (Phi) is 7.12. The third-order valence-corrected chi connectivity index (χ3v) is 4.17. The maximum atomic E-state index is 12.1. The van der Waals surface area contributed by atoms with Crippen molar-refractivity contribution >= 4 is 27.6 Å². The number of carbonyl (C=O) groups excluding carboxylic acids is 1. The second-order valence-corrected chi connectivity index (χ2v) is 6.46. The molecule has 0 aliphatic carbocycles. The summed E-state index contributed by atoms with van der Waals surface area (Å²) in [7, 11) is 0. The lowest BCUT2D eigenvalue weighted by atomic mass is 10.0. The van der Waals surface area contributed by atoms with Crippen molar-refractivity contribution in [2.24, 2.45) is 0 Å². The number of phenols is 1. The molecule has 24 heavy (non-hydrogen) atoms. The number of carbonyl (C=O) groups is 1. The molecule has 0 radical (unpaired) electrons. The summed E-state index contributed by atoms with van der Waals surface area (Å²) in [6, 6.07) is 14.5. The summed E-state index contributed by atoms with van der Waals surface area (Å²) in [5, 5.41) is 13.2. The minimum absolute atomic E-state index is 0.152. The zero-order valence-corrected chi connectivity index (χ0v) is 15.3. The van der Waals surface area contributed by atoms with E-state index in [2.05, 4.69) is 28.2 Å². The third kappa shape index (κ3) is 5.57. The number of unbranched alkanes of at least 4 members (excludes halogenated alkanes) is 1. The molecule has 2 rings (SSSR count). The Morgan fingerprint density at radius 2 is 1.92 bits per heavy atom. The minimum Gasteiger partial charge on any atom is -0.506 e. The van der Waals surface area contributed by atoms with Gasteiger partial charge in [0.25, 0.3) is 0 Å². The number of hydrogen-bond acceptors (Lipinski definition) is 4. The maximum absolute atomic E-state index is 12.1. The molecule has 0 unspecified atom stereocenters. The first kappa shape index (κ1) is 18.3. The van der Waals surface area contributed by atoms with Crippen LogP contribution in [0.15, 0.2) is 53.0 Å². The molecule has 0 heterocycles. The van der Waals surface area contributed by atoms with Crippen LogP contribution >= 0.6 is 15.9 Å². The maximum Gasteiger partial charge on any atom is 0.308 e. The van der Waals surface area contributed by atoms with Crippen molar-refractivity contribution in [3.05, 3.63) is 58.6 Å². The van der Waals surface area contributed by atoms with Crippen molar-refractivity contribution in [1.82, 2.24) is 0 Å². The number of halogens is 1. The lowest BCUT2D eigenvalue weighted by Crippen LogP contribution is -2.17. The van der Waals surface area contributed by atoms with Crippen LogP contribution in [0.2, 0.25) is 0 Å². The molecule has 0 saturated carbocycles. The number of nitrogens with one attached hydrogen (secondary N) is 1. The van der Waals surface area contributed by atoms with Crippen LogP contribution in [0.5, 0.6) is 5.75 Å². The third-order valence-electron chi connectivity index (χ3n) is 3.64. The van der Waals surface area contributed by atoms with E-state index >= 15 is 0 Å². The van der Waals surface area contributed by atoms with Gasteiger partial charge in [0, 0.05) is 4.47 Å². The number of ether oxygens (including phenoxy) is 1. The fourth-order valence-electron chi connectivity index (χ4n) is 2.29. The van der Waals surface area contributed by atoms with Crippen molar-refractivity contribution in [3.8, 4) is 5.75 Å².